The van der Waals surface area contributed by atoms with Crippen LogP contribution in [0.3, 0.4) is 0 Å². The van der Waals surface area contributed by atoms with Gasteiger partial charge in [-0.2, -0.15) is 5.21 Å². The van der Waals surface area contributed by atoms with Gasteiger partial charge in [-0.05, 0) is 77.5 Å². The van der Waals surface area contributed by atoms with Crippen LogP contribution in [-0.2, 0) is 41.7 Å². The third-order valence-electron chi connectivity index (χ3n) is 10.2. The Labute approximate surface area is 397 Å². The Balaban J connectivity index is 0.000000428. The molecule has 16 heteroatoms. The minimum atomic E-state index is -1.27. The van der Waals surface area contributed by atoms with Crippen molar-refractivity contribution in [1.82, 2.24) is 30.8 Å². The van der Waals surface area contributed by atoms with Crippen molar-refractivity contribution in [2.45, 2.75) is 98.2 Å². The minimum Gasteiger partial charge on any atom is -0.550 e. The molecule has 1 heterocycles. The molecule has 5 aromatic rings. The Morgan fingerprint density at radius 3 is 1.91 bits per heavy atom. The van der Waals surface area contributed by atoms with E-state index in [9.17, 15) is 34.2 Å². The summed E-state index contributed by atoms with van der Waals surface area (Å²) in [6, 6.07) is 32.1. The number of benzene rings is 4. The largest absolute Gasteiger partial charge is 1.00 e. The van der Waals surface area contributed by atoms with Crippen LogP contribution in [0.4, 0.5) is 0 Å². The van der Waals surface area contributed by atoms with Crippen molar-refractivity contribution in [1.29, 1.82) is 0 Å². The second-order valence-corrected chi connectivity index (χ2v) is 15.4. The fraction of sp³-hybridized carbons (Fsp3) is 0.375. The number of unbranched alkanes of at least 4 members (excludes halogenated alkanes) is 1. The van der Waals surface area contributed by atoms with Gasteiger partial charge >= 0.3 is 35.5 Å². The number of esters is 1. The van der Waals surface area contributed by atoms with Gasteiger partial charge in [0.1, 0.15) is 0 Å². The van der Waals surface area contributed by atoms with Gasteiger partial charge in [0.15, 0.2) is 0 Å². The van der Waals surface area contributed by atoms with E-state index in [4.69, 9.17) is 4.74 Å². The van der Waals surface area contributed by atoms with Gasteiger partial charge < -0.3 is 45.3 Å². The van der Waals surface area contributed by atoms with Crippen LogP contribution in [0, 0.1) is 11.8 Å². The molecular formula is C48H57N6NaO9-2. The maximum absolute atomic E-state index is 12.8. The van der Waals surface area contributed by atoms with E-state index in [-0.39, 0.29) is 90.1 Å². The van der Waals surface area contributed by atoms with E-state index in [1.165, 1.54) is 4.90 Å². The van der Waals surface area contributed by atoms with Crippen LogP contribution >= 0.6 is 0 Å². The first-order valence-corrected chi connectivity index (χ1v) is 21.0. The van der Waals surface area contributed by atoms with E-state index in [0.717, 1.165) is 51.8 Å². The third kappa shape index (κ3) is 17.1. The molecule has 0 spiro atoms. The Kier molecular flexibility index (Phi) is 23.9. The van der Waals surface area contributed by atoms with Crippen LogP contribution in [-0.4, -0.2) is 74.3 Å². The SMILES string of the molecule is CCCCC(=O)N(Cc1ccc(-c2ccccc2-c2nnn[n-]2)cc1)[C@H](C(=O)[O-])C(C)C.CCOC(=O)[C@H](C)C[C@@H](Cc1ccc(-c2ccccc2)cc1)NC(=O)CCC(=O)[O-].O.[Na+]. The number of carboxylic acid groups (broad SMARTS) is 2. The molecule has 0 aliphatic carbocycles. The number of hydrogen-bond donors (Lipinski definition) is 1. The Hall–Kier alpha value is -5.74. The van der Waals surface area contributed by atoms with Crippen molar-refractivity contribution in [3.8, 4) is 33.6 Å². The normalized spacial score (nSPS) is 11.9. The predicted octanol–water partition coefficient (Wildman–Crippen LogP) is 1.14. The summed E-state index contributed by atoms with van der Waals surface area (Å²) in [5.41, 5.74) is 6.75. The van der Waals surface area contributed by atoms with Crippen LogP contribution in [0.1, 0.15) is 84.3 Å². The molecule has 15 nitrogen and oxygen atoms in total. The van der Waals surface area contributed by atoms with E-state index in [1.807, 2.05) is 110 Å². The van der Waals surface area contributed by atoms with Gasteiger partial charge in [-0.1, -0.05) is 137 Å². The molecule has 0 fully saturated rings. The van der Waals surface area contributed by atoms with Crippen molar-refractivity contribution < 1.29 is 74.0 Å². The summed E-state index contributed by atoms with van der Waals surface area (Å²) in [6.45, 7) is 9.59. The Morgan fingerprint density at radius 1 is 0.750 bits per heavy atom. The molecule has 0 saturated carbocycles. The molecule has 4 aromatic carbocycles. The quantitative estimate of drug-likeness (QED) is 0.0806. The fourth-order valence-electron chi connectivity index (χ4n) is 7.01. The van der Waals surface area contributed by atoms with Crippen LogP contribution in [0.5, 0.6) is 0 Å². The maximum atomic E-state index is 12.8. The Bertz CT molecular complexity index is 2190. The van der Waals surface area contributed by atoms with Crippen LogP contribution in [0.15, 0.2) is 103 Å². The summed E-state index contributed by atoms with van der Waals surface area (Å²) in [7, 11) is 0. The number of carboxylic acids is 2. The fourth-order valence-corrected chi connectivity index (χ4v) is 7.01. The van der Waals surface area contributed by atoms with Crippen LogP contribution in [0.25, 0.3) is 33.6 Å². The smallest absolute Gasteiger partial charge is 0.550 e. The van der Waals surface area contributed by atoms with Crippen molar-refractivity contribution in [2.75, 3.05) is 6.61 Å². The van der Waals surface area contributed by atoms with E-state index in [0.29, 0.717) is 31.7 Å². The van der Waals surface area contributed by atoms with Gasteiger partial charge in [-0.3, -0.25) is 24.7 Å². The average Bonchev–Trinajstić information content (AvgIpc) is 3.81. The van der Waals surface area contributed by atoms with E-state index in [2.05, 4.69) is 25.9 Å². The molecule has 3 N–H and O–H groups in total. The summed E-state index contributed by atoms with van der Waals surface area (Å²) in [5.74, 6) is -3.55. The molecule has 0 aliphatic rings. The number of nitrogens with zero attached hydrogens (tertiary/aromatic N) is 5. The number of carbonyl (C=O) groups excluding carboxylic acids is 5. The zero-order valence-corrected chi connectivity index (χ0v) is 39.5. The topological polar surface area (TPSA) is 240 Å². The number of rotatable bonds is 21. The third-order valence-corrected chi connectivity index (χ3v) is 10.2. The summed E-state index contributed by atoms with van der Waals surface area (Å²) < 4.78 is 5.07. The number of aliphatic carboxylic acids is 2. The summed E-state index contributed by atoms with van der Waals surface area (Å²) in [4.78, 5) is 60.9. The number of hydrogen-bond acceptors (Lipinski definition) is 11. The molecule has 64 heavy (non-hydrogen) atoms. The van der Waals surface area contributed by atoms with E-state index < -0.39 is 18.0 Å². The van der Waals surface area contributed by atoms with Gasteiger partial charge in [-0.25, -0.2) is 0 Å². The monoisotopic (exact) mass is 884 g/mol. The van der Waals surface area contributed by atoms with Gasteiger partial charge in [0.05, 0.1) is 24.5 Å². The molecule has 0 saturated heterocycles. The predicted molar refractivity (Wildman–Crippen MR) is 234 cm³/mol. The second-order valence-electron chi connectivity index (χ2n) is 15.4. The molecule has 5 rings (SSSR count). The molecule has 3 atom stereocenters. The first-order chi connectivity index (χ1) is 29.8. The van der Waals surface area contributed by atoms with Crippen molar-refractivity contribution >= 4 is 29.7 Å². The van der Waals surface area contributed by atoms with Gasteiger partial charge in [-0.15, -0.1) is 0 Å². The molecule has 0 unspecified atom stereocenters. The van der Waals surface area contributed by atoms with Gasteiger partial charge in [0.2, 0.25) is 11.8 Å². The summed E-state index contributed by atoms with van der Waals surface area (Å²) >= 11 is 0. The average molecular weight is 885 g/mol. The maximum Gasteiger partial charge on any atom is 1.00 e. The number of aromatic nitrogens is 4. The minimum absolute atomic E-state index is 0. The number of carbonyl (C=O) groups is 5. The number of ether oxygens (including phenoxy) is 1. The number of nitrogens with one attached hydrogen (secondary N) is 1. The number of amides is 2. The van der Waals surface area contributed by atoms with Crippen molar-refractivity contribution in [2.24, 2.45) is 11.8 Å². The molecular weight excluding hydrogens is 828 g/mol. The standard InChI is InChI=1S/C24H29N5O3.C24H29NO5.Na.H2O/c1-4-5-10-21(30)29(22(16(2)3)24(31)32)15-17-11-13-18(14-12-17)19-8-6-7-9-20(19)23-25-27-28-26-23;1-3-30-24(29)17(2)15-21(25-22(26)13-14-23(27)28)16-18-9-11-20(12-10-18)19-7-5-4-6-8-19;;/h6-9,11-14,16,22H,4-5,10,15H2,1-3H3,(H2,25,26,27,28,31,32);4-12,17,21H,3,13-16H2,1-2H3,(H,25,26)(H,27,28);;1H2/q;;+1;/p-3/t22-;17-,21+;;/m01../s1. The molecule has 1 aromatic heterocycles. The summed E-state index contributed by atoms with van der Waals surface area (Å²) in [6.07, 6.45) is 2.34. The van der Waals surface area contributed by atoms with Crippen molar-refractivity contribution in [3.05, 3.63) is 114 Å². The second kappa shape index (κ2) is 28.1. The first kappa shape index (κ1) is 54.4. The van der Waals surface area contributed by atoms with Crippen LogP contribution < -0.4 is 50.2 Å². The van der Waals surface area contributed by atoms with Crippen LogP contribution in [0.2, 0.25) is 0 Å². The molecule has 2 amide bonds. The Morgan fingerprint density at radius 2 is 1.34 bits per heavy atom. The number of tetrazole rings is 1. The van der Waals surface area contributed by atoms with Gasteiger partial charge in [0, 0.05) is 37.2 Å². The van der Waals surface area contributed by atoms with E-state index in [1.54, 1.807) is 27.7 Å². The zero-order chi connectivity index (χ0) is 45.0. The molecule has 0 bridgehead atoms. The summed E-state index contributed by atoms with van der Waals surface area (Å²) in [5, 5.41) is 40.3. The zero-order valence-electron chi connectivity index (χ0n) is 37.5. The first-order valence-electron chi connectivity index (χ1n) is 21.0. The molecule has 336 valence electrons. The molecule has 0 radical (unpaired) electrons. The van der Waals surface area contributed by atoms with Crippen molar-refractivity contribution in [3.63, 3.8) is 0 Å². The van der Waals surface area contributed by atoms with Gasteiger partial charge in [0.25, 0.3) is 0 Å². The molecule has 0 aliphatic heterocycles. The van der Waals surface area contributed by atoms with E-state index >= 15 is 0 Å².